The molecular formula is C31H36FN5O2. The van der Waals surface area contributed by atoms with Gasteiger partial charge in [-0.05, 0) is 54.9 Å². The lowest BCUT2D eigenvalue weighted by Crippen LogP contribution is -2.39. The number of amides is 1. The third-order valence-corrected chi connectivity index (χ3v) is 8.01. The smallest absolute Gasteiger partial charge is 0.226 e. The molecule has 0 bridgehead atoms. The molecule has 4 atom stereocenters. The van der Waals surface area contributed by atoms with Gasteiger partial charge in [0.1, 0.15) is 0 Å². The summed E-state index contributed by atoms with van der Waals surface area (Å²) in [5, 5.41) is 12.5. The molecule has 1 N–H and O–H groups in total. The maximum atomic E-state index is 14.5. The summed E-state index contributed by atoms with van der Waals surface area (Å²) in [5.41, 5.74) is 5.42. The van der Waals surface area contributed by atoms with Crippen LogP contribution in [0.5, 0.6) is 0 Å². The summed E-state index contributed by atoms with van der Waals surface area (Å²) in [5.74, 6) is -0.210. The molecule has 8 heteroatoms. The largest absolute Gasteiger partial charge is 0.385 e. The standard InChI is InChI=1S/C31H36FN5O2/c1-21-28(37(25-12-8-5-9-13-25)35-31(21)24-19-33-36(2)20-24)17-29(38)34-27-16-23(14-15-39-3)26(18-32)30(27)22-10-6-4-7-11-22/h4-13,19-20,23,26-27,30H,14-18H2,1-3H3,(H,34,38)/t23-,26+,27-,30-/m1/s1. The van der Waals surface area contributed by atoms with Gasteiger partial charge < -0.3 is 10.1 Å². The molecule has 1 aliphatic rings. The third kappa shape index (κ3) is 5.66. The molecule has 0 unspecified atom stereocenters. The highest BCUT2D eigenvalue weighted by Gasteiger charge is 2.44. The Labute approximate surface area is 229 Å². The monoisotopic (exact) mass is 529 g/mol. The zero-order valence-electron chi connectivity index (χ0n) is 22.8. The van der Waals surface area contributed by atoms with Gasteiger partial charge in [-0.25, -0.2) is 4.68 Å². The maximum Gasteiger partial charge on any atom is 0.226 e. The number of aromatic nitrogens is 4. The molecule has 39 heavy (non-hydrogen) atoms. The fourth-order valence-corrected chi connectivity index (χ4v) is 6.11. The molecule has 0 aliphatic heterocycles. The van der Waals surface area contributed by atoms with Gasteiger partial charge >= 0.3 is 0 Å². The average Bonchev–Trinajstić information content (AvgIpc) is 3.63. The van der Waals surface area contributed by atoms with Crippen LogP contribution in [0, 0.1) is 18.8 Å². The number of para-hydroxylation sites is 1. The molecule has 0 radical (unpaired) electrons. The zero-order valence-corrected chi connectivity index (χ0v) is 22.8. The SMILES string of the molecule is COCC[C@@H]1C[C@@H](NC(=O)Cc2c(C)c(-c3cnn(C)c3)nn2-c2ccccc2)[C@H](c2ccccc2)[C@H]1CF. The number of carbonyl (C=O) groups excluding carboxylic acids is 1. The van der Waals surface area contributed by atoms with Crippen LogP contribution in [0.4, 0.5) is 4.39 Å². The second kappa shape index (κ2) is 11.9. The van der Waals surface area contributed by atoms with Crippen molar-refractivity contribution in [3.8, 4) is 16.9 Å². The lowest BCUT2D eigenvalue weighted by Gasteiger charge is -2.26. The minimum atomic E-state index is -0.422. The van der Waals surface area contributed by atoms with Crippen LogP contribution in [0.2, 0.25) is 0 Å². The molecule has 1 amide bonds. The van der Waals surface area contributed by atoms with Crippen molar-refractivity contribution in [1.29, 1.82) is 0 Å². The first-order chi connectivity index (χ1) is 19.0. The van der Waals surface area contributed by atoms with Gasteiger partial charge in [-0.3, -0.25) is 13.9 Å². The van der Waals surface area contributed by atoms with Crippen LogP contribution in [-0.4, -0.2) is 51.9 Å². The van der Waals surface area contributed by atoms with Gasteiger partial charge in [0.05, 0.1) is 36.4 Å². The van der Waals surface area contributed by atoms with Crippen LogP contribution in [0.25, 0.3) is 16.9 Å². The Bertz CT molecular complexity index is 1380. The van der Waals surface area contributed by atoms with Crippen molar-refractivity contribution >= 4 is 5.91 Å². The first-order valence-electron chi connectivity index (χ1n) is 13.5. The molecule has 0 saturated heterocycles. The van der Waals surface area contributed by atoms with Crippen molar-refractivity contribution in [2.45, 2.75) is 38.1 Å². The number of benzene rings is 2. The zero-order chi connectivity index (χ0) is 27.4. The van der Waals surface area contributed by atoms with E-state index in [1.165, 1.54) is 0 Å². The highest BCUT2D eigenvalue weighted by atomic mass is 19.1. The van der Waals surface area contributed by atoms with Crippen molar-refractivity contribution in [3.05, 3.63) is 89.9 Å². The fraction of sp³-hybridized carbons (Fsp3) is 0.387. The van der Waals surface area contributed by atoms with Gasteiger partial charge in [-0.2, -0.15) is 10.2 Å². The molecule has 1 saturated carbocycles. The topological polar surface area (TPSA) is 74.0 Å². The number of ether oxygens (including phenoxy) is 1. The Morgan fingerprint density at radius 2 is 1.85 bits per heavy atom. The normalized spacial score (nSPS) is 20.8. The van der Waals surface area contributed by atoms with E-state index in [2.05, 4.69) is 10.4 Å². The summed E-state index contributed by atoms with van der Waals surface area (Å²) in [6.45, 7) is 2.16. The third-order valence-electron chi connectivity index (χ3n) is 8.01. The summed E-state index contributed by atoms with van der Waals surface area (Å²) in [7, 11) is 3.54. The van der Waals surface area contributed by atoms with Crippen molar-refractivity contribution in [3.63, 3.8) is 0 Å². The molecule has 2 aromatic heterocycles. The Morgan fingerprint density at radius 1 is 1.13 bits per heavy atom. The van der Waals surface area contributed by atoms with Crippen LogP contribution in [-0.2, 0) is 23.0 Å². The summed E-state index contributed by atoms with van der Waals surface area (Å²) in [4.78, 5) is 13.7. The van der Waals surface area contributed by atoms with Gasteiger partial charge in [-0.1, -0.05) is 48.5 Å². The Balaban J connectivity index is 1.44. The lowest BCUT2D eigenvalue weighted by molar-refractivity contribution is -0.121. The minimum absolute atomic E-state index is 0.0897. The van der Waals surface area contributed by atoms with Gasteiger partial charge in [0, 0.05) is 44.5 Å². The number of alkyl halides is 1. The van der Waals surface area contributed by atoms with E-state index in [1.807, 2.05) is 85.5 Å². The lowest BCUT2D eigenvalue weighted by atomic mass is 9.83. The summed E-state index contributed by atoms with van der Waals surface area (Å²) in [6.07, 6.45) is 5.37. The Morgan fingerprint density at radius 3 is 2.49 bits per heavy atom. The number of rotatable bonds is 10. The number of halogens is 1. The molecule has 1 fully saturated rings. The van der Waals surface area contributed by atoms with E-state index >= 15 is 0 Å². The number of methoxy groups -OCH3 is 1. The van der Waals surface area contributed by atoms with Crippen LogP contribution in [0.3, 0.4) is 0 Å². The highest BCUT2D eigenvalue weighted by molar-refractivity contribution is 5.80. The van der Waals surface area contributed by atoms with Gasteiger partial charge in [0.25, 0.3) is 0 Å². The first kappa shape index (κ1) is 26.8. The number of hydrogen-bond acceptors (Lipinski definition) is 4. The number of nitrogens with one attached hydrogen (secondary N) is 1. The molecule has 4 aromatic rings. The molecular weight excluding hydrogens is 493 g/mol. The number of hydrogen-bond donors (Lipinski definition) is 1. The average molecular weight is 530 g/mol. The number of aryl methyl sites for hydroxylation is 1. The summed E-state index contributed by atoms with van der Waals surface area (Å²) in [6, 6.07) is 19.7. The molecule has 7 nitrogen and oxygen atoms in total. The molecule has 2 heterocycles. The van der Waals surface area contributed by atoms with E-state index in [1.54, 1.807) is 18.0 Å². The summed E-state index contributed by atoms with van der Waals surface area (Å²) < 4.78 is 23.4. The first-order valence-corrected chi connectivity index (χ1v) is 13.5. The van der Waals surface area contributed by atoms with Crippen molar-refractivity contribution < 1.29 is 13.9 Å². The van der Waals surface area contributed by atoms with Crippen LogP contribution < -0.4 is 5.32 Å². The predicted octanol–water partition coefficient (Wildman–Crippen LogP) is 5.03. The van der Waals surface area contributed by atoms with Gasteiger partial charge in [0.15, 0.2) is 0 Å². The highest BCUT2D eigenvalue weighted by Crippen LogP contribution is 2.45. The van der Waals surface area contributed by atoms with E-state index in [0.29, 0.717) is 6.61 Å². The van der Waals surface area contributed by atoms with Gasteiger partial charge in [0.2, 0.25) is 5.91 Å². The second-order valence-electron chi connectivity index (χ2n) is 10.5. The minimum Gasteiger partial charge on any atom is -0.385 e. The predicted molar refractivity (Wildman–Crippen MR) is 149 cm³/mol. The number of nitrogens with zero attached hydrogens (tertiary/aromatic N) is 4. The van der Waals surface area contributed by atoms with E-state index in [9.17, 15) is 9.18 Å². The fourth-order valence-electron chi connectivity index (χ4n) is 6.11. The van der Waals surface area contributed by atoms with E-state index in [4.69, 9.17) is 9.84 Å². The quantitative estimate of drug-likeness (QED) is 0.313. The van der Waals surface area contributed by atoms with E-state index < -0.39 is 6.67 Å². The van der Waals surface area contributed by atoms with E-state index in [0.717, 1.165) is 46.6 Å². The molecule has 204 valence electrons. The van der Waals surface area contributed by atoms with Crippen molar-refractivity contribution in [2.75, 3.05) is 20.4 Å². The van der Waals surface area contributed by atoms with Crippen LogP contribution >= 0.6 is 0 Å². The van der Waals surface area contributed by atoms with Crippen molar-refractivity contribution in [2.24, 2.45) is 18.9 Å². The van der Waals surface area contributed by atoms with E-state index in [-0.39, 0.29) is 36.1 Å². The summed E-state index contributed by atoms with van der Waals surface area (Å²) >= 11 is 0. The molecule has 0 spiro atoms. The molecule has 5 rings (SSSR count). The van der Waals surface area contributed by atoms with Crippen molar-refractivity contribution in [1.82, 2.24) is 24.9 Å². The maximum absolute atomic E-state index is 14.5. The van der Waals surface area contributed by atoms with Gasteiger partial charge in [-0.15, -0.1) is 0 Å². The Kier molecular flexibility index (Phi) is 8.21. The Hall–Kier alpha value is -3.78. The van der Waals surface area contributed by atoms with Crippen LogP contribution in [0.15, 0.2) is 73.1 Å². The second-order valence-corrected chi connectivity index (χ2v) is 10.5. The molecule has 2 aromatic carbocycles. The molecule has 1 aliphatic carbocycles. The number of carbonyl (C=O) groups is 1. The van der Waals surface area contributed by atoms with Crippen LogP contribution in [0.1, 0.15) is 35.6 Å².